The summed E-state index contributed by atoms with van der Waals surface area (Å²) in [7, 11) is 3.13. The number of rotatable bonds is 10. The van der Waals surface area contributed by atoms with Crippen LogP contribution in [0.2, 0.25) is 0 Å². The first-order chi connectivity index (χ1) is 31.2. The quantitative estimate of drug-likeness (QED) is 0.111. The second kappa shape index (κ2) is 17.4. The number of amides is 4. The van der Waals surface area contributed by atoms with Gasteiger partial charge in [-0.2, -0.15) is 0 Å². The number of fused-ring (bicyclic) bond motifs is 4. The van der Waals surface area contributed by atoms with E-state index in [0.29, 0.717) is 52.6 Å². The number of nitrogens with zero attached hydrogens (tertiary/aromatic N) is 2. The van der Waals surface area contributed by atoms with Gasteiger partial charge in [0.05, 0.1) is 45.4 Å². The summed E-state index contributed by atoms with van der Waals surface area (Å²) >= 11 is 0. The van der Waals surface area contributed by atoms with Gasteiger partial charge in [0, 0.05) is 24.3 Å². The third-order valence-electron chi connectivity index (χ3n) is 12.7. The van der Waals surface area contributed by atoms with Gasteiger partial charge >= 0.3 is 12.0 Å². The van der Waals surface area contributed by atoms with Crippen LogP contribution in [-0.4, -0.2) is 85.3 Å². The van der Waals surface area contributed by atoms with Crippen molar-refractivity contribution in [2.45, 2.75) is 42.6 Å². The van der Waals surface area contributed by atoms with Crippen molar-refractivity contribution in [1.29, 1.82) is 0 Å². The summed E-state index contributed by atoms with van der Waals surface area (Å²) in [5, 5.41) is 15.1. The highest BCUT2D eigenvalue weighted by Gasteiger charge is 2.74. The van der Waals surface area contributed by atoms with Gasteiger partial charge in [-0.05, 0) is 82.3 Å². The number of carbonyl (C=O) groups is 4. The van der Waals surface area contributed by atoms with Crippen LogP contribution in [0.1, 0.15) is 57.1 Å². The van der Waals surface area contributed by atoms with E-state index in [1.54, 1.807) is 49.5 Å². The average Bonchev–Trinajstić information content (AvgIpc) is 3.80. The van der Waals surface area contributed by atoms with Crippen molar-refractivity contribution in [1.82, 2.24) is 15.1 Å². The molecular weight excluding hydrogens is 815 g/mol. The molecule has 0 aliphatic carbocycles. The minimum absolute atomic E-state index is 0.0163. The first kappa shape index (κ1) is 42.0. The maximum Gasteiger partial charge on any atom is 0.324 e. The Morgan fingerprint density at radius 2 is 1.56 bits per heavy atom. The van der Waals surface area contributed by atoms with E-state index < -0.39 is 59.4 Å². The number of anilines is 1. The Morgan fingerprint density at radius 1 is 0.875 bits per heavy atom. The van der Waals surface area contributed by atoms with Crippen LogP contribution < -0.4 is 30.6 Å². The predicted molar refractivity (Wildman–Crippen MR) is 235 cm³/mol. The zero-order valence-electron chi connectivity index (χ0n) is 35.3. The molecule has 0 radical (unpaired) electrons. The summed E-state index contributed by atoms with van der Waals surface area (Å²) in [6, 6.07) is 31.9. The minimum Gasteiger partial charge on any atom is -0.493 e. The predicted octanol–water partition coefficient (Wildman–Crippen LogP) is 4.95. The van der Waals surface area contributed by atoms with E-state index >= 15 is 14.4 Å². The maximum atomic E-state index is 16.0. The van der Waals surface area contributed by atoms with Crippen molar-refractivity contribution in [2.75, 3.05) is 45.8 Å². The SMILES string of the molecule is COc1cc2c(cc1OC)CN(C(=O)C1C3C(=O)OC(c4ccccc4)C(c4ccccc4)N3C(c3ccc(OCCO)cc3)C13C(=O)Nc1ccc(C#CCNC(N)=O)cc13)CC2. The molecule has 4 aliphatic heterocycles. The summed E-state index contributed by atoms with van der Waals surface area (Å²) in [5.41, 5.74) is 9.09. The van der Waals surface area contributed by atoms with Crippen LogP contribution in [0.15, 0.2) is 115 Å². The van der Waals surface area contributed by atoms with Gasteiger partial charge in [0.15, 0.2) is 11.5 Å². The molecule has 5 N–H and O–H groups in total. The molecule has 1 spiro atoms. The Kier molecular flexibility index (Phi) is 11.4. The molecule has 4 heterocycles. The van der Waals surface area contributed by atoms with Gasteiger partial charge in [0.2, 0.25) is 11.8 Å². The van der Waals surface area contributed by atoms with Crippen LogP contribution in [0.5, 0.6) is 17.2 Å². The monoisotopic (exact) mass is 861 g/mol. The molecule has 64 heavy (non-hydrogen) atoms. The fourth-order valence-corrected chi connectivity index (χ4v) is 10.1. The van der Waals surface area contributed by atoms with Gasteiger partial charge in [-0.25, -0.2) is 4.79 Å². The Hall–Kier alpha value is -7.34. The van der Waals surface area contributed by atoms with Gasteiger partial charge in [-0.15, -0.1) is 0 Å². The number of morpholine rings is 1. The Labute approximate surface area is 370 Å². The lowest BCUT2D eigenvalue weighted by Gasteiger charge is -2.46. The molecule has 0 aromatic heterocycles. The van der Waals surface area contributed by atoms with Crippen LogP contribution in [0, 0.1) is 17.8 Å². The number of ether oxygens (including phenoxy) is 4. The number of cyclic esters (lactones) is 1. The lowest BCUT2D eigenvalue weighted by atomic mass is 9.65. The normalized spacial score (nSPS) is 23.1. The minimum atomic E-state index is -1.75. The maximum absolute atomic E-state index is 16.0. The number of hydrogen-bond donors (Lipinski definition) is 4. The molecule has 14 heteroatoms. The van der Waals surface area contributed by atoms with Crippen molar-refractivity contribution in [3.05, 3.63) is 154 Å². The van der Waals surface area contributed by atoms with E-state index in [4.69, 9.17) is 24.7 Å². The van der Waals surface area contributed by atoms with Gasteiger partial charge in [-0.1, -0.05) is 84.6 Å². The molecule has 4 aliphatic rings. The number of hydrogen-bond acceptors (Lipinski definition) is 10. The Balaban J connectivity index is 1.29. The highest BCUT2D eigenvalue weighted by atomic mass is 16.6. The zero-order chi connectivity index (χ0) is 44.5. The van der Waals surface area contributed by atoms with Gasteiger partial charge in [0.25, 0.3) is 0 Å². The van der Waals surface area contributed by atoms with Crippen molar-refractivity contribution in [3.63, 3.8) is 0 Å². The van der Waals surface area contributed by atoms with Gasteiger partial charge < -0.3 is 45.3 Å². The summed E-state index contributed by atoms with van der Waals surface area (Å²) in [5.74, 6) is 4.79. The second-order valence-corrected chi connectivity index (χ2v) is 16.1. The largest absolute Gasteiger partial charge is 0.493 e. The summed E-state index contributed by atoms with van der Waals surface area (Å²) in [4.78, 5) is 62.2. The fraction of sp³-hybridized carbons (Fsp3) is 0.280. The third-order valence-corrected chi connectivity index (χ3v) is 12.7. The number of nitrogens with one attached hydrogen (secondary N) is 2. The lowest BCUT2D eigenvalue weighted by molar-refractivity contribution is -0.179. The van der Waals surface area contributed by atoms with Crippen LogP contribution in [0.4, 0.5) is 10.5 Å². The lowest BCUT2D eigenvalue weighted by Crippen LogP contribution is -2.56. The van der Waals surface area contributed by atoms with Crippen molar-refractivity contribution < 1.29 is 43.2 Å². The van der Waals surface area contributed by atoms with Crippen LogP contribution >= 0.6 is 0 Å². The Morgan fingerprint density at radius 3 is 2.23 bits per heavy atom. The van der Waals surface area contributed by atoms with Gasteiger partial charge in [-0.3, -0.25) is 19.3 Å². The highest BCUT2D eigenvalue weighted by Crippen LogP contribution is 2.65. The zero-order valence-corrected chi connectivity index (χ0v) is 35.3. The first-order valence-electron chi connectivity index (χ1n) is 21.1. The van der Waals surface area contributed by atoms with Crippen LogP contribution in [-0.2, 0) is 37.5 Å². The molecular formula is C50H47N5O9. The van der Waals surface area contributed by atoms with E-state index in [1.807, 2.05) is 89.8 Å². The molecule has 0 saturated carbocycles. The molecule has 5 aromatic carbocycles. The number of methoxy groups -OCH3 is 2. The number of benzene rings is 5. The molecule has 6 atom stereocenters. The standard InChI is InChI=1S/C50H47N5O9/c1-61-39-27-34-21-23-54(29-35(34)28-40(39)62-2)46(57)41-43-47(58)64-44(32-13-7-4-8-14-32)42(31-11-5-3-6-12-31)55(43)45(33-16-18-36(19-17-33)63-25-24-56)50(41)37-26-30(10-9-22-52-49(51)60)15-20-38(37)53-48(50)59/h3-8,11-20,26-28,41-45,56H,21-25,29H2,1-2H3,(H,53,59)(H3,51,52,60). The molecule has 5 aromatic rings. The van der Waals surface area contributed by atoms with E-state index in [1.165, 1.54) is 0 Å². The van der Waals surface area contributed by atoms with E-state index in [0.717, 1.165) is 22.3 Å². The molecule has 4 amide bonds. The summed E-state index contributed by atoms with van der Waals surface area (Å²) in [6.07, 6.45) is -0.348. The number of carbonyl (C=O) groups excluding carboxylic acids is 4. The molecule has 6 unspecified atom stereocenters. The van der Waals surface area contributed by atoms with Crippen LogP contribution in [0.25, 0.3) is 0 Å². The number of primary amides is 1. The van der Waals surface area contributed by atoms with Gasteiger partial charge in [0.1, 0.15) is 29.9 Å². The first-order valence-corrected chi connectivity index (χ1v) is 21.1. The number of aliphatic hydroxyl groups excluding tert-OH is 1. The van der Waals surface area contributed by atoms with E-state index in [-0.39, 0.29) is 26.3 Å². The number of esters is 1. The molecule has 2 saturated heterocycles. The molecule has 2 fully saturated rings. The topological polar surface area (TPSA) is 182 Å². The number of aliphatic hydroxyl groups is 1. The van der Waals surface area contributed by atoms with Crippen LogP contribution in [0.3, 0.4) is 0 Å². The average molecular weight is 862 g/mol. The summed E-state index contributed by atoms with van der Waals surface area (Å²) in [6.45, 7) is 0.364. The Bertz CT molecular complexity index is 2670. The smallest absolute Gasteiger partial charge is 0.324 e. The molecule has 0 bridgehead atoms. The van der Waals surface area contributed by atoms with Crippen molar-refractivity contribution >= 4 is 29.5 Å². The summed E-state index contributed by atoms with van der Waals surface area (Å²) < 4.78 is 23.6. The third kappa shape index (κ3) is 7.22. The number of nitrogens with two attached hydrogens (primary N) is 1. The molecule has 326 valence electrons. The fourth-order valence-electron chi connectivity index (χ4n) is 10.1. The second-order valence-electron chi connectivity index (χ2n) is 16.1. The van der Waals surface area contributed by atoms with E-state index in [9.17, 15) is 9.90 Å². The van der Waals surface area contributed by atoms with E-state index in [2.05, 4.69) is 22.5 Å². The molecule has 9 rings (SSSR count). The highest BCUT2D eigenvalue weighted by molar-refractivity contribution is 6.12. The van der Waals surface area contributed by atoms with Crippen molar-refractivity contribution in [3.8, 4) is 29.1 Å². The molecule has 14 nitrogen and oxygen atoms in total. The van der Waals surface area contributed by atoms with Crippen molar-refractivity contribution in [2.24, 2.45) is 11.7 Å². The number of urea groups is 1.